The van der Waals surface area contributed by atoms with E-state index in [9.17, 15) is 24.0 Å². The molecule has 0 rings (SSSR count). The van der Waals surface area contributed by atoms with E-state index in [1.54, 1.807) is 20.1 Å². The minimum Gasteiger partial charge on any atom is -0.481 e. The second-order valence-electron chi connectivity index (χ2n) is 6.39. The molecule has 12 heteroatoms. The molecule has 0 radical (unpaired) electrons. The third kappa shape index (κ3) is 10.1. The number of carbonyl (C=O) groups is 5. The van der Waals surface area contributed by atoms with Gasteiger partial charge in [-0.25, -0.2) is 4.79 Å². The molecule has 0 aromatic heterocycles. The maximum atomic E-state index is 12.3. The smallest absolute Gasteiger partial charge is 0.326 e. The zero-order chi connectivity index (χ0) is 21.9. The summed E-state index contributed by atoms with van der Waals surface area (Å²) in [7, 11) is 0. The van der Waals surface area contributed by atoms with Gasteiger partial charge in [-0.1, -0.05) is 13.8 Å². The van der Waals surface area contributed by atoms with Gasteiger partial charge < -0.3 is 31.9 Å². The third-order valence-electron chi connectivity index (χ3n) is 3.70. The lowest BCUT2D eigenvalue weighted by molar-refractivity contribution is -0.147. The molecule has 28 heavy (non-hydrogen) atoms. The minimum atomic E-state index is -1.62. The Hall–Kier alpha value is -2.34. The molecule has 0 heterocycles. The molecule has 0 saturated carbocycles. The molecule has 0 aromatic rings. The monoisotopic (exact) mass is 420 g/mol. The van der Waals surface area contributed by atoms with Crippen LogP contribution in [0.25, 0.3) is 0 Å². The van der Waals surface area contributed by atoms with Gasteiger partial charge in [0.2, 0.25) is 17.7 Å². The van der Waals surface area contributed by atoms with E-state index in [2.05, 4.69) is 16.0 Å². The second-order valence-corrected chi connectivity index (χ2v) is 7.37. The van der Waals surface area contributed by atoms with Gasteiger partial charge >= 0.3 is 11.9 Å². The van der Waals surface area contributed by atoms with Crippen molar-refractivity contribution in [1.29, 1.82) is 0 Å². The minimum absolute atomic E-state index is 0.120. The summed E-state index contributed by atoms with van der Waals surface area (Å²) >= 11 is 1.41. The Morgan fingerprint density at radius 3 is 2.07 bits per heavy atom. The molecule has 3 unspecified atom stereocenters. The lowest BCUT2D eigenvalue weighted by atomic mass is 10.1. The molecule has 0 fully saturated rings. The summed E-state index contributed by atoms with van der Waals surface area (Å²) in [6.07, 6.45) is 1.18. The van der Waals surface area contributed by atoms with E-state index >= 15 is 0 Å². The van der Waals surface area contributed by atoms with Crippen molar-refractivity contribution in [3.05, 3.63) is 0 Å². The number of carboxylic acids is 2. The predicted molar refractivity (Wildman–Crippen MR) is 103 cm³/mol. The van der Waals surface area contributed by atoms with E-state index in [0.29, 0.717) is 5.75 Å². The van der Waals surface area contributed by atoms with E-state index in [-0.39, 0.29) is 12.3 Å². The van der Waals surface area contributed by atoms with Gasteiger partial charge in [0.25, 0.3) is 0 Å². The fourth-order valence-electron chi connectivity index (χ4n) is 1.98. The van der Waals surface area contributed by atoms with Crippen molar-refractivity contribution in [2.45, 2.75) is 44.8 Å². The SMILES string of the molecule is CSCCC(NC(=O)CNC(=O)C(N)C(C)C)C(=O)NC(CC(=O)O)C(=O)O. The van der Waals surface area contributed by atoms with Gasteiger partial charge in [-0.2, -0.15) is 11.8 Å². The Kier molecular flexibility index (Phi) is 11.9. The summed E-state index contributed by atoms with van der Waals surface area (Å²) in [5.74, 6) is -4.51. The topological polar surface area (TPSA) is 188 Å². The molecule has 0 aromatic carbocycles. The van der Waals surface area contributed by atoms with E-state index in [1.807, 2.05) is 0 Å². The first-order valence-corrected chi connectivity index (χ1v) is 9.95. The maximum absolute atomic E-state index is 12.3. The first-order valence-electron chi connectivity index (χ1n) is 8.56. The lowest BCUT2D eigenvalue weighted by Crippen LogP contribution is -2.54. The number of hydrogen-bond acceptors (Lipinski definition) is 7. The molecular weight excluding hydrogens is 392 g/mol. The van der Waals surface area contributed by atoms with Crippen LogP contribution in [0.4, 0.5) is 0 Å². The quantitative estimate of drug-likeness (QED) is 0.203. The van der Waals surface area contributed by atoms with Crippen molar-refractivity contribution < 1.29 is 34.2 Å². The number of aliphatic carboxylic acids is 2. The average Bonchev–Trinajstić information content (AvgIpc) is 2.60. The molecule has 0 aliphatic rings. The highest BCUT2D eigenvalue weighted by molar-refractivity contribution is 7.98. The summed E-state index contributed by atoms with van der Waals surface area (Å²) < 4.78 is 0. The van der Waals surface area contributed by atoms with Gasteiger partial charge in [0.15, 0.2) is 0 Å². The number of nitrogens with two attached hydrogens (primary N) is 1. The summed E-state index contributed by atoms with van der Waals surface area (Å²) in [4.78, 5) is 58.0. The molecule has 7 N–H and O–H groups in total. The van der Waals surface area contributed by atoms with E-state index in [1.165, 1.54) is 11.8 Å². The Bertz CT molecular complexity index is 585. The van der Waals surface area contributed by atoms with Crippen molar-refractivity contribution >= 4 is 41.4 Å². The number of hydrogen-bond donors (Lipinski definition) is 6. The summed E-state index contributed by atoms with van der Waals surface area (Å²) in [5.41, 5.74) is 5.67. The predicted octanol–water partition coefficient (Wildman–Crippen LogP) is -1.63. The maximum Gasteiger partial charge on any atom is 0.326 e. The molecule has 3 atom stereocenters. The van der Waals surface area contributed by atoms with Gasteiger partial charge in [0.1, 0.15) is 12.1 Å². The Labute approximate surface area is 167 Å². The highest BCUT2D eigenvalue weighted by Crippen LogP contribution is 2.03. The largest absolute Gasteiger partial charge is 0.481 e. The summed E-state index contributed by atoms with van der Waals surface area (Å²) in [5, 5.41) is 24.6. The van der Waals surface area contributed by atoms with Crippen LogP contribution in [0, 0.1) is 5.92 Å². The van der Waals surface area contributed by atoms with E-state index < -0.39 is 60.8 Å². The zero-order valence-electron chi connectivity index (χ0n) is 16.1. The standard InChI is InChI=1S/C16H28N4O7S/c1-8(2)13(17)15(25)18-7-11(21)19-9(4-5-28-3)14(24)20-10(16(26)27)6-12(22)23/h8-10,13H,4-7,17H2,1-3H3,(H,18,25)(H,19,21)(H,20,24)(H,22,23)(H,26,27). The number of amides is 3. The number of carboxylic acid groups (broad SMARTS) is 2. The van der Waals surface area contributed by atoms with Crippen LogP contribution in [-0.2, 0) is 24.0 Å². The van der Waals surface area contributed by atoms with Crippen LogP contribution in [0.2, 0.25) is 0 Å². The fraction of sp³-hybridized carbons (Fsp3) is 0.688. The van der Waals surface area contributed by atoms with Crippen LogP contribution in [0.15, 0.2) is 0 Å². The van der Waals surface area contributed by atoms with Crippen molar-refractivity contribution in [2.75, 3.05) is 18.6 Å². The number of carbonyl (C=O) groups excluding carboxylic acids is 3. The number of thioether (sulfide) groups is 1. The number of nitrogens with one attached hydrogen (secondary N) is 3. The summed E-state index contributed by atoms with van der Waals surface area (Å²) in [6.45, 7) is 3.10. The molecule has 0 aliphatic carbocycles. The van der Waals surface area contributed by atoms with Crippen molar-refractivity contribution in [3.8, 4) is 0 Å². The van der Waals surface area contributed by atoms with Gasteiger partial charge in [-0.3, -0.25) is 19.2 Å². The normalized spacial score (nSPS) is 13.9. The third-order valence-corrected chi connectivity index (χ3v) is 4.34. The Morgan fingerprint density at radius 2 is 1.61 bits per heavy atom. The van der Waals surface area contributed by atoms with Gasteiger partial charge in [0, 0.05) is 0 Å². The van der Waals surface area contributed by atoms with Gasteiger partial charge in [0.05, 0.1) is 19.0 Å². The molecule has 11 nitrogen and oxygen atoms in total. The summed E-state index contributed by atoms with van der Waals surface area (Å²) in [6, 6.07) is -3.48. The van der Waals surface area contributed by atoms with Crippen LogP contribution in [0.5, 0.6) is 0 Å². The van der Waals surface area contributed by atoms with Crippen molar-refractivity contribution in [1.82, 2.24) is 16.0 Å². The highest BCUT2D eigenvalue weighted by atomic mass is 32.2. The molecule has 3 amide bonds. The molecule has 160 valence electrons. The van der Waals surface area contributed by atoms with Crippen molar-refractivity contribution in [2.24, 2.45) is 11.7 Å². The first kappa shape index (κ1) is 25.7. The molecule has 0 spiro atoms. The Balaban J connectivity index is 4.89. The average molecular weight is 420 g/mol. The second kappa shape index (κ2) is 12.9. The van der Waals surface area contributed by atoms with Crippen LogP contribution in [0.3, 0.4) is 0 Å². The zero-order valence-corrected chi connectivity index (χ0v) is 16.9. The number of rotatable bonds is 13. The van der Waals surface area contributed by atoms with Crippen LogP contribution >= 0.6 is 11.8 Å². The van der Waals surface area contributed by atoms with E-state index in [0.717, 1.165) is 0 Å². The van der Waals surface area contributed by atoms with Crippen LogP contribution in [0.1, 0.15) is 26.7 Å². The van der Waals surface area contributed by atoms with Gasteiger partial charge in [-0.15, -0.1) is 0 Å². The lowest BCUT2D eigenvalue weighted by Gasteiger charge is -2.21. The molecular formula is C16H28N4O7S. The molecule has 0 saturated heterocycles. The van der Waals surface area contributed by atoms with Gasteiger partial charge in [-0.05, 0) is 24.3 Å². The highest BCUT2D eigenvalue weighted by Gasteiger charge is 2.28. The first-order chi connectivity index (χ1) is 13.0. The van der Waals surface area contributed by atoms with Crippen molar-refractivity contribution in [3.63, 3.8) is 0 Å². The van der Waals surface area contributed by atoms with Crippen LogP contribution in [-0.4, -0.2) is 76.6 Å². The fourth-order valence-corrected chi connectivity index (χ4v) is 2.46. The molecule has 0 bridgehead atoms. The van der Waals surface area contributed by atoms with Crippen LogP contribution < -0.4 is 21.7 Å². The molecule has 0 aliphatic heterocycles. The Morgan fingerprint density at radius 1 is 1.00 bits per heavy atom. The van der Waals surface area contributed by atoms with E-state index in [4.69, 9.17) is 15.9 Å².